The summed E-state index contributed by atoms with van der Waals surface area (Å²) in [5, 5.41) is 64.5. The van der Waals surface area contributed by atoms with E-state index in [1.807, 2.05) is 6.08 Å². The fourth-order valence-corrected chi connectivity index (χ4v) is 7.25. The van der Waals surface area contributed by atoms with E-state index < -0.39 is 61.5 Å². The molecule has 8 unspecified atom stereocenters. The van der Waals surface area contributed by atoms with Crippen LogP contribution in [0.4, 0.5) is 0 Å². The molecule has 0 radical (unpaired) electrons. The predicted octanol–water partition coefficient (Wildman–Crippen LogP) is 9.20. The highest BCUT2D eigenvalue weighted by atomic mass is 16.7. The maximum absolute atomic E-state index is 13.0. The lowest BCUT2D eigenvalue weighted by Crippen LogP contribution is -2.60. The number of hydrogen-bond acceptors (Lipinski definition) is 9. The molecule has 0 bridgehead atoms. The van der Waals surface area contributed by atoms with Crippen molar-refractivity contribution in [1.29, 1.82) is 0 Å². The zero-order valence-electron chi connectivity index (χ0n) is 37.4. The Hall–Kier alpha value is -1.89. The highest BCUT2D eigenvalue weighted by molar-refractivity contribution is 5.80. The molecule has 1 rings (SSSR count). The van der Waals surface area contributed by atoms with E-state index in [2.05, 4.69) is 55.6 Å². The van der Waals surface area contributed by atoms with Gasteiger partial charge in [0.25, 0.3) is 0 Å². The molecule has 0 aromatic rings. The second-order valence-corrected chi connectivity index (χ2v) is 16.7. The molecule has 1 fully saturated rings. The Morgan fingerprint density at radius 3 is 1.54 bits per heavy atom. The van der Waals surface area contributed by atoms with Crippen molar-refractivity contribution in [3.8, 4) is 0 Å². The highest BCUT2D eigenvalue weighted by Crippen LogP contribution is 2.22. The fraction of sp³-hybridized carbons (Fsp3) is 0.816. The number of aliphatic hydroxyl groups excluding tert-OH is 6. The number of amides is 1. The van der Waals surface area contributed by atoms with Crippen molar-refractivity contribution in [2.24, 2.45) is 0 Å². The first-order chi connectivity index (χ1) is 28.8. The fourth-order valence-electron chi connectivity index (χ4n) is 7.25. The highest BCUT2D eigenvalue weighted by Gasteiger charge is 2.44. The van der Waals surface area contributed by atoms with E-state index in [9.17, 15) is 35.4 Å². The van der Waals surface area contributed by atoms with Crippen LogP contribution in [0.2, 0.25) is 0 Å². The number of carbonyl (C=O) groups excluding carboxylic acids is 1. The summed E-state index contributed by atoms with van der Waals surface area (Å²) in [6.07, 6.45) is 39.3. The van der Waals surface area contributed by atoms with Gasteiger partial charge in [-0.15, -0.1) is 0 Å². The number of hydrogen-bond donors (Lipinski definition) is 7. The number of ether oxygens (including phenoxy) is 2. The monoisotopic (exact) mass is 836 g/mol. The van der Waals surface area contributed by atoms with Crippen LogP contribution < -0.4 is 5.32 Å². The summed E-state index contributed by atoms with van der Waals surface area (Å²) < 4.78 is 11.1. The summed E-state index contributed by atoms with van der Waals surface area (Å²) in [6, 6.07) is -1.00. The van der Waals surface area contributed by atoms with Crippen molar-refractivity contribution in [2.75, 3.05) is 13.2 Å². The molecule has 1 heterocycles. The Balaban J connectivity index is 2.33. The van der Waals surface area contributed by atoms with Crippen LogP contribution in [0.5, 0.6) is 0 Å². The summed E-state index contributed by atoms with van der Waals surface area (Å²) in [7, 11) is 0. The summed E-state index contributed by atoms with van der Waals surface area (Å²) in [6.45, 7) is 3.50. The van der Waals surface area contributed by atoms with Gasteiger partial charge in [-0.05, 0) is 64.2 Å². The zero-order valence-corrected chi connectivity index (χ0v) is 37.4. The number of carbonyl (C=O) groups is 1. The van der Waals surface area contributed by atoms with Gasteiger partial charge in [0.1, 0.15) is 30.5 Å². The number of rotatable bonds is 39. The molecule has 7 N–H and O–H groups in total. The van der Waals surface area contributed by atoms with Crippen LogP contribution in [0.1, 0.15) is 194 Å². The Labute approximate surface area is 359 Å². The Morgan fingerprint density at radius 1 is 0.576 bits per heavy atom. The lowest BCUT2D eigenvalue weighted by atomic mass is 9.99. The Bertz CT molecular complexity index is 1080. The summed E-state index contributed by atoms with van der Waals surface area (Å²) in [5.74, 6) is -0.636. The molecule has 0 aromatic carbocycles. The second kappa shape index (κ2) is 39.0. The summed E-state index contributed by atoms with van der Waals surface area (Å²) in [4.78, 5) is 13.0. The minimum Gasteiger partial charge on any atom is -0.394 e. The van der Waals surface area contributed by atoms with Gasteiger partial charge in [-0.1, -0.05) is 178 Å². The molecule has 1 amide bonds. The summed E-state index contributed by atoms with van der Waals surface area (Å²) >= 11 is 0. The van der Waals surface area contributed by atoms with E-state index in [0.717, 1.165) is 57.8 Å². The van der Waals surface area contributed by atoms with Crippen molar-refractivity contribution in [1.82, 2.24) is 5.32 Å². The quantitative estimate of drug-likeness (QED) is 0.0236. The van der Waals surface area contributed by atoms with Crippen molar-refractivity contribution in [2.45, 2.75) is 243 Å². The maximum atomic E-state index is 13.0. The third kappa shape index (κ3) is 29.1. The molecule has 344 valence electrons. The molecule has 1 saturated heterocycles. The normalized spacial score (nSPS) is 21.7. The number of unbranched alkanes of at least 4 members (excludes halogenated alkanes) is 22. The first kappa shape index (κ1) is 55.1. The molecule has 0 saturated carbocycles. The van der Waals surface area contributed by atoms with Gasteiger partial charge in [-0.3, -0.25) is 4.79 Å². The lowest BCUT2D eigenvalue weighted by Gasteiger charge is -2.40. The van der Waals surface area contributed by atoms with Crippen LogP contribution >= 0.6 is 0 Å². The molecular weight excluding hydrogens is 747 g/mol. The average Bonchev–Trinajstić information content (AvgIpc) is 3.23. The van der Waals surface area contributed by atoms with E-state index >= 15 is 0 Å². The first-order valence-corrected chi connectivity index (χ1v) is 24.0. The standard InChI is InChI=1S/C49H89NO9/c1-3-5-7-9-11-13-15-16-17-18-19-20-21-22-23-24-25-26-28-30-32-34-36-38-43(53)48(57)50-41(40-58-49-47(56)46(55)45(54)44(39-51)59-49)42(52)37-35-33-31-29-27-14-12-10-8-6-4-2/h8,10,22-23,27,29,35,37,41-47,49,51-56H,3-7,9,11-21,24-26,28,30-34,36,38-40H2,1-2H3,(H,50,57)/b10-8+,23-22-,29-27+,37-35+. The molecule has 10 nitrogen and oxygen atoms in total. The van der Waals surface area contributed by atoms with E-state index in [4.69, 9.17) is 9.47 Å². The predicted molar refractivity (Wildman–Crippen MR) is 241 cm³/mol. The van der Waals surface area contributed by atoms with Crippen LogP contribution in [-0.2, 0) is 14.3 Å². The average molecular weight is 836 g/mol. The van der Waals surface area contributed by atoms with Gasteiger partial charge in [0, 0.05) is 0 Å². The molecule has 0 spiro atoms. The van der Waals surface area contributed by atoms with Crippen LogP contribution in [0, 0.1) is 0 Å². The molecule has 0 aliphatic carbocycles. The topological polar surface area (TPSA) is 169 Å². The second-order valence-electron chi connectivity index (χ2n) is 16.7. The minimum absolute atomic E-state index is 0.294. The van der Waals surface area contributed by atoms with Crippen LogP contribution in [-0.4, -0.2) is 98.7 Å². The van der Waals surface area contributed by atoms with Crippen molar-refractivity contribution < 1.29 is 44.9 Å². The molecule has 10 heteroatoms. The van der Waals surface area contributed by atoms with Crippen molar-refractivity contribution in [3.05, 3.63) is 48.6 Å². The molecule has 1 aliphatic heterocycles. The Morgan fingerprint density at radius 2 is 1.03 bits per heavy atom. The molecule has 8 atom stereocenters. The molecule has 1 aliphatic rings. The van der Waals surface area contributed by atoms with Crippen molar-refractivity contribution in [3.63, 3.8) is 0 Å². The number of allylic oxidation sites excluding steroid dienone is 7. The van der Waals surface area contributed by atoms with E-state index in [-0.39, 0.29) is 6.61 Å². The third-order valence-corrected chi connectivity index (χ3v) is 11.2. The van der Waals surface area contributed by atoms with Gasteiger partial charge in [0.15, 0.2) is 6.29 Å². The summed E-state index contributed by atoms with van der Waals surface area (Å²) in [5.41, 5.74) is 0. The number of nitrogens with one attached hydrogen (secondary N) is 1. The molecule has 59 heavy (non-hydrogen) atoms. The molecule has 0 aromatic heterocycles. The Kier molecular flexibility index (Phi) is 36.4. The SMILES string of the molecule is CCC/C=C/CC/C=C/CC/C=C/C(O)C(COC1OC(CO)C(O)C(O)C1O)NC(=O)C(O)CCCCCCCCC/C=C\CCCCCCCCCCCCCC. The van der Waals surface area contributed by atoms with E-state index in [0.29, 0.717) is 19.3 Å². The van der Waals surface area contributed by atoms with E-state index in [1.165, 1.54) is 103 Å². The van der Waals surface area contributed by atoms with Crippen LogP contribution in [0.3, 0.4) is 0 Å². The minimum atomic E-state index is -1.62. The van der Waals surface area contributed by atoms with Crippen LogP contribution in [0.25, 0.3) is 0 Å². The largest absolute Gasteiger partial charge is 0.394 e. The van der Waals surface area contributed by atoms with Gasteiger partial charge < -0.3 is 45.4 Å². The molecular formula is C49H89NO9. The maximum Gasteiger partial charge on any atom is 0.249 e. The van der Waals surface area contributed by atoms with Gasteiger partial charge in [-0.25, -0.2) is 0 Å². The van der Waals surface area contributed by atoms with Crippen LogP contribution in [0.15, 0.2) is 48.6 Å². The van der Waals surface area contributed by atoms with E-state index in [1.54, 1.807) is 6.08 Å². The van der Waals surface area contributed by atoms with Gasteiger partial charge >= 0.3 is 0 Å². The van der Waals surface area contributed by atoms with Crippen molar-refractivity contribution >= 4 is 5.91 Å². The smallest absolute Gasteiger partial charge is 0.249 e. The number of aliphatic hydroxyl groups is 6. The lowest BCUT2D eigenvalue weighted by molar-refractivity contribution is -0.302. The zero-order chi connectivity index (χ0) is 43.2. The van der Waals surface area contributed by atoms with Gasteiger partial charge in [0.2, 0.25) is 5.91 Å². The van der Waals surface area contributed by atoms with Gasteiger partial charge in [0.05, 0.1) is 25.4 Å². The first-order valence-electron chi connectivity index (χ1n) is 24.0. The third-order valence-electron chi connectivity index (χ3n) is 11.2. The van der Waals surface area contributed by atoms with Gasteiger partial charge in [-0.2, -0.15) is 0 Å².